The molecule has 13 heavy (non-hydrogen) atoms. The standard InChI is InChI=1S/C10H19N3/c1-13-8-4-5-10(13)9-12-7-3-2-6-11/h4-5,8,12H,2-3,6-7,9,11H2,1H3. The van der Waals surface area contributed by atoms with E-state index in [0.29, 0.717) is 0 Å². The Kier molecular flexibility index (Phi) is 4.57. The predicted molar refractivity (Wildman–Crippen MR) is 55.4 cm³/mol. The van der Waals surface area contributed by atoms with Crippen molar-refractivity contribution >= 4 is 0 Å². The van der Waals surface area contributed by atoms with E-state index >= 15 is 0 Å². The highest BCUT2D eigenvalue weighted by atomic mass is 15.0. The molecule has 74 valence electrons. The largest absolute Gasteiger partial charge is 0.353 e. The van der Waals surface area contributed by atoms with Gasteiger partial charge in [0.1, 0.15) is 0 Å². The normalized spacial score (nSPS) is 10.6. The fourth-order valence-electron chi connectivity index (χ4n) is 1.29. The van der Waals surface area contributed by atoms with Gasteiger partial charge in [-0.25, -0.2) is 0 Å². The van der Waals surface area contributed by atoms with Crippen LogP contribution in [-0.4, -0.2) is 17.7 Å². The molecule has 0 amide bonds. The fourth-order valence-corrected chi connectivity index (χ4v) is 1.29. The van der Waals surface area contributed by atoms with Crippen LogP contribution in [0.25, 0.3) is 0 Å². The second-order valence-corrected chi connectivity index (χ2v) is 3.28. The maximum absolute atomic E-state index is 5.40. The van der Waals surface area contributed by atoms with Crippen molar-refractivity contribution in [1.29, 1.82) is 0 Å². The molecule has 3 nitrogen and oxygen atoms in total. The second-order valence-electron chi connectivity index (χ2n) is 3.28. The molecular formula is C10H19N3. The molecule has 0 fully saturated rings. The van der Waals surface area contributed by atoms with Crippen LogP contribution in [0.2, 0.25) is 0 Å². The zero-order valence-corrected chi connectivity index (χ0v) is 8.29. The first kappa shape index (κ1) is 10.3. The van der Waals surface area contributed by atoms with E-state index in [1.54, 1.807) is 0 Å². The van der Waals surface area contributed by atoms with Crippen LogP contribution in [-0.2, 0) is 13.6 Å². The molecule has 1 heterocycles. The summed E-state index contributed by atoms with van der Waals surface area (Å²) in [4.78, 5) is 0. The molecule has 1 aromatic heterocycles. The summed E-state index contributed by atoms with van der Waals surface area (Å²) < 4.78 is 2.13. The van der Waals surface area contributed by atoms with E-state index in [1.165, 1.54) is 12.1 Å². The topological polar surface area (TPSA) is 43.0 Å². The van der Waals surface area contributed by atoms with Gasteiger partial charge in [0.05, 0.1) is 0 Å². The van der Waals surface area contributed by atoms with Crippen LogP contribution in [0.1, 0.15) is 18.5 Å². The van der Waals surface area contributed by atoms with E-state index in [9.17, 15) is 0 Å². The van der Waals surface area contributed by atoms with Crippen LogP contribution in [0.5, 0.6) is 0 Å². The second kappa shape index (κ2) is 5.78. The molecule has 0 aliphatic rings. The van der Waals surface area contributed by atoms with E-state index in [0.717, 1.165) is 26.1 Å². The Morgan fingerprint density at radius 2 is 2.31 bits per heavy atom. The van der Waals surface area contributed by atoms with Gasteiger partial charge in [-0.15, -0.1) is 0 Å². The number of nitrogens with one attached hydrogen (secondary N) is 1. The van der Waals surface area contributed by atoms with Crippen LogP contribution in [0, 0.1) is 0 Å². The van der Waals surface area contributed by atoms with Gasteiger partial charge < -0.3 is 15.6 Å². The summed E-state index contributed by atoms with van der Waals surface area (Å²) in [6.45, 7) is 2.81. The molecule has 0 saturated carbocycles. The van der Waals surface area contributed by atoms with Crippen molar-refractivity contribution in [2.75, 3.05) is 13.1 Å². The summed E-state index contributed by atoms with van der Waals surface area (Å²) in [6, 6.07) is 4.20. The van der Waals surface area contributed by atoms with Gasteiger partial charge in [0.2, 0.25) is 0 Å². The summed E-state index contributed by atoms with van der Waals surface area (Å²) in [6.07, 6.45) is 4.35. The summed E-state index contributed by atoms with van der Waals surface area (Å²) in [5, 5.41) is 3.39. The van der Waals surface area contributed by atoms with Gasteiger partial charge in [-0.05, 0) is 38.1 Å². The zero-order valence-electron chi connectivity index (χ0n) is 8.29. The summed E-state index contributed by atoms with van der Waals surface area (Å²) in [5.41, 5.74) is 6.72. The van der Waals surface area contributed by atoms with Gasteiger partial charge in [0, 0.05) is 25.5 Å². The highest BCUT2D eigenvalue weighted by Gasteiger charge is 1.94. The maximum Gasteiger partial charge on any atom is 0.0359 e. The first-order valence-corrected chi connectivity index (χ1v) is 4.85. The molecule has 0 aromatic carbocycles. The number of nitrogens with zero attached hydrogens (tertiary/aromatic N) is 1. The molecular weight excluding hydrogens is 162 g/mol. The molecule has 3 N–H and O–H groups in total. The monoisotopic (exact) mass is 181 g/mol. The Morgan fingerprint density at radius 3 is 2.92 bits per heavy atom. The third-order valence-electron chi connectivity index (χ3n) is 2.17. The molecule has 0 aliphatic heterocycles. The Hall–Kier alpha value is -0.800. The minimum Gasteiger partial charge on any atom is -0.353 e. The molecule has 0 unspecified atom stereocenters. The number of hydrogen-bond donors (Lipinski definition) is 2. The number of rotatable bonds is 6. The Morgan fingerprint density at radius 1 is 1.46 bits per heavy atom. The van der Waals surface area contributed by atoms with Crippen molar-refractivity contribution in [2.24, 2.45) is 12.8 Å². The van der Waals surface area contributed by atoms with Crippen molar-refractivity contribution in [1.82, 2.24) is 9.88 Å². The maximum atomic E-state index is 5.40. The van der Waals surface area contributed by atoms with Crippen LogP contribution in [0.4, 0.5) is 0 Å². The molecule has 0 aliphatic carbocycles. The van der Waals surface area contributed by atoms with E-state index < -0.39 is 0 Å². The lowest BCUT2D eigenvalue weighted by atomic mass is 10.3. The molecule has 0 spiro atoms. The number of hydrogen-bond acceptors (Lipinski definition) is 2. The van der Waals surface area contributed by atoms with Gasteiger partial charge >= 0.3 is 0 Å². The van der Waals surface area contributed by atoms with Gasteiger partial charge in [-0.3, -0.25) is 0 Å². The Balaban J connectivity index is 2.10. The van der Waals surface area contributed by atoms with Crippen LogP contribution >= 0.6 is 0 Å². The number of nitrogens with two attached hydrogens (primary N) is 1. The highest BCUT2D eigenvalue weighted by molar-refractivity contribution is 5.05. The minimum absolute atomic E-state index is 0.797. The van der Waals surface area contributed by atoms with E-state index in [-0.39, 0.29) is 0 Å². The lowest BCUT2D eigenvalue weighted by Crippen LogP contribution is -2.17. The first-order valence-electron chi connectivity index (χ1n) is 4.85. The van der Waals surface area contributed by atoms with Crippen molar-refractivity contribution in [3.63, 3.8) is 0 Å². The SMILES string of the molecule is Cn1cccc1CNCCCCN. The molecule has 0 atom stereocenters. The molecule has 3 heteroatoms. The Labute approximate surface area is 79.9 Å². The summed E-state index contributed by atoms with van der Waals surface area (Å²) in [5.74, 6) is 0. The molecule has 1 rings (SSSR count). The smallest absolute Gasteiger partial charge is 0.0359 e. The molecule has 1 aromatic rings. The predicted octanol–water partition coefficient (Wildman–Crippen LogP) is 0.854. The van der Waals surface area contributed by atoms with Crippen molar-refractivity contribution in [3.05, 3.63) is 24.0 Å². The van der Waals surface area contributed by atoms with Crippen LogP contribution in [0.3, 0.4) is 0 Å². The zero-order chi connectivity index (χ0) is 9.52. The van der Waals surface area contributed by atoms with Crippen molar-refractivity contribution in [3.8, 4) is 0 Å². The fraction of sp³-hybridized carbons (Fsp3) is 0.600. The summed E-state index contributed by atoms with van der Waals surface area (Å²) in [7, 11) is 2.07. The van der Waals surface area contributed by atoms with E-state index in [4.69, 9.17) is 5.73 Å². The third-order valence-corrected chi connectivity index (χ3v) is 2.17. The quantitative estimate of drug-likeness (QED) is 0.639. The van der Waals surface area contributed by atoms with Crippen LogP contribution in [0.15, 0.2) is 18.3 Å². The molecule has 0 saturated heterocycles. The van der Waals surface area contributed by atoms with Crippen LogP contribution < -0.4 is 11.1 Å². The van der Waals surface area contributed by atoms with Crippen molar-refractivity contribution < 1.29 is 0 Å². The minimum atomic E-state index is 0.797. The number of aromatic nitrogens is 1. The average molecular weight is 181 g/mol. The number of unbranched alkanes of at least 4 members (excludes halogenated alkanes) is 1. The first-order chi connectivity index (χ1) is 6.34. The van der Waals surface area contributed by atoms with E-state index in [2.05, 4.69) is 35.3 Å². The van der Waals surface area contributed by atoms with Gasteiger partial charge in [-0.2, -0.15) is 0 Å². The van der Waals surface area contributed by atoms with E-state index in [1.807, 2.05) is 0 Å². The number of aryl methyl sites for hydroxylation is 1. The van der Waals surface area contributed by atoms with Gasteiger partial charge in [-0.1, -0.05) is 0 Å². The highest BCUT2D eigenvalue weighted by Crippen LogP contribution is 1.98. The molecule has 0 radical (unpaired) electrons. The lowest BCUT2D eigenvalue weighted by molar-refractivity contribution is 0.609. The Bertz CT molecular complexity index is 230. The lowest BCUT2D eigenvalue weighted by Gasteiger charge is -2.05. The van der Waals surface area contributed by atoms with Crippen molar-refractivity contribution in [2.45, 2.75) is 19.4 Å². The molecule has 0 bridgehead atoms. The van der Waals surface area contributed by atoms with Gasteiger partial charge in [0.25, 0.3) is 0 Å². The summed E-state index contributed by atoms with van der Waals surface area (Å²) >= 11 is 0. The average Bonchev–Trinajstić information content (AvgIpc) is 2.52. The van der Waals surface area contributed by atoms with Gasteiger partial charge in [0.15, 0.2) is 0 Å². The third kappa shape index (κ3) is 3.61.